The third-order valence-electron chi connectivity index (χ3n) is 3.37. The van der Waals surface area contributed by atoms with Crippen molar-refractivity contribution < 1.29 is 13.6 Å². The molecule has 1 amide bonds. The van der Waals surface area contributed by atoms with Crippen LogP contribution in [-0.4, -0.2) is 44.3 Å². The highest BCUT2D eigenvalue weighted by molar-refractivity contribution is 7.99. The van der Waals surface area contributed by atoms with Gasteiger partial charge in [0.15, 0.2) is 11.7 Å². The van der Waals surface area contributed by atoms with E-state index >= 15 is 0 Å². The Morgan fingerprint density at radius 1 is 1.12 bits per heavy atom. The van der Waals surface area contributed by atoms with E-state index in [-0.39, 0.29) is 11.7 Å². The number of nitrogens with one attached hydrogen (secondary N) is 3. The molecule has 0 aliphatic heterocycles. The Morgan fingerprint density at radius 3 is 2.54 bits per heavy atom. The number of carbonyl (C=O) groups is 1. The topological polar surface area (TPSA) is 78.7 Å². The maximum absolute atomic E-state index is 12.8. The Balaban J connectivity index is 1.53. The first-order valence-electron chi connectivity index (χ1n) is 8.33. The summed E-state index contributed by atoms with van der Waals surface area (Å²) in [5, 5.41) is 9.10. The molecule has 0 unspecified atom stereocenters. The predicted octanol–water partition coefficient (Wildman–Crippen LogP) is 2.50. The zero-order valence-electron chi connectivity index (χ0n) is 14.6. The van der Waals surface area contributed by atoms with E-state index in [0.717, 1.165) is 23.6 Å². The van der Waals surface area contributed by atoms with Gasteiger partial charge >= 0.3 is 0 Å². The summed E-state index contributed by atoms with van der Waals surface area (Å²) in [5.41, 5.74) is 0. The highest BCUT2D eigenvalue weighted by Crippen LogP contribution is 2.18. The normalized spacial score (nSPS) is 11.2. The van der Waals surface area contributed by atoms with Gasteiger partial charge in [0.05, 0.1) is 6.26 Å². The minimum Gasteiger partial charge on any atom is -0.459 e. The number of guanidine groups is 1. The second kappa shape index (κ2) is 11.2. The molecule has 3 N–H and O–H groups in total. The lowest BCUT2D eigenvalue weighted by atomic mass is 10.4. The van der Waals surface area contributed by atoms with Gasteiger partial charge in [-0.1, -0.05) is 0 Å². The van der Waals surface area contributed by atoms with Crippen molar-refractivity contribution in [2.45, 2.75) is 11.3 Å². The maximum atomic E-state index is 12.8. The zero-order chi connectivity index (χ0) is 18.6. The lowest BCUT2D eigenvalue weighted by Gasteiger charge is -2.12. The van der Waals surface area contributed by atoms with Crippen LogP contribution >= 0.6 is 11.8 Å². The third-order valence-corrected chi connectivity index (χ3v) is 4.47. The van der Waals surface area contributed by atoms with E-state index in [1.165, 1.54) is 18.4 Å². The number of carbonyl (C=O) groups excluding carboxylic acids is 1. The number of nitrogens with zero attached hydrogens (tertiary/aromatic N) is 1. The molecule has 0 radical (unpaired) electrons. The quantitative estimate of drug-likeness (QED) is 0.270. The molecular formula is C18H23FN4O2S. The summed E-state index contributed by atoms with van der Waals surface area (Å²) in [6, 6.07) is 9.80. The first-order valence-corrected chi connectivity index (χ1v) is 9.32. The van der Waals surface area contributed by atoms with Crippen LogP contribution in [0.5, 0.6) is 0 Å². The number of amides is 1. The Labute approximate surface area is 156 Å². The first kappa shape index (κ1) is 19.8. The Kier molecular flexibility index (Phi) is 8.54. The molecule has 1 heterocycles. The van der Waals surface area contributed by atoms with E-state index in [1.54, 1.807) is 43.1 Å². The largest absolute Gasteiger partial charge is 0.459 e. The standard InChI is InChI=1S/C18H23FN4O2S/c1-20-18(23-11-10-21-17(24)16-4-2-12-25-16)22-9-3-13-26-15-7-5-14(19)6-8-15/h2,4-8,12H,3,9-11,13H2,1H3,(H,21,24)(H2,20,22,23). The Hall–Kier alpha value is -2.48. The molecule has 8 heteroatoms. The smallest absolute Gasteiger partial charge is 0.287 e. The minimum absolute atomic E-state index is 0.216. The van der Waals surface area contributed by atoms with E-state index in [0.29, 0.717) is 24.8 Å². The highest BCUT2D eigenvalue weighted by atomic mass is 32.2. The molecule has 0 saturated carbocycles. The molecule has 0 aliphatic rings. The van der Waals surface area contributed by atoms with Crippen LogP contribution in [0.1, 0.15) is 17.0 Å². The molecule has 0 bridgehead atoms. The minimum atomic E-state index is -0.238. The average Bonchev–Trinajstić information content (AvgIpc) is 3.19. The molecule has 6 nitrogen and oxygen atoms in total. The fourth-order valence-corrected chi connectivity index (χ4v) is 2.93. The summed E-state index contributed by atoms with van der Waals surface area (Å²) in [7, 11) is 1.70. The van der Waals surface area contributed by atoms with Crippen molar-refractivity contribution in [1.82, 2.24) is 16.0 Å². The van der Waals surface area contributed by atoms with Gasteiger partial charge < -0.3 is 20.4 Å². The molecule has 2 aromatic rings. The molecular weight excluding hydrogens is 355 g/mol. The maximum Gasteiger partial charge on any atom is 0.287 e. The van der Waals surface area contributed by atoms with Gasteiger partial charge in [-0.25, -0.2) is 4.39 Å². The number of benzene rings is 1. The predicted molar refractivity (Wildman–Crippen MR) is 102 cm³/mol. The van der Waals surface area contributed by atoms with Gasteiger partial charge in [-0.15, -0.1) is 11.8 Å². The van der Waals surface area contributed by atoms with Crippen molar-refractivity contribution in [3.8, 4) is 0 Å². The van der Waals surface area contributed by atoms with Crippen LogP contribution in [0.2, 0.25) is 0 Å². The number of hydrogen-bond donors (Lipinski definition) is 3. The number of halogens is 1. The molecule has 0 fully saturated rings. The van der Waals surface area contributed by atoms with E-state index < -0.39 is 0 Å². The Morgan fingerprint density at radius 2 is 1.85 bits per heavy atom. The van der Waals surface area contributed by atoms with Gasteiger partial charge in [0.25, 0.3) is 5.91 Å². The van der Waals surface area contributed by atoms with Crippen LogP contribution in [0.3, 0.4) is 0 Å². The molecule has 0 atom stereocenters. The fraction of sp³-hybridized carbons (Fsp3) is 0.333. The van der Waals surface area contributed by atoms with Gasteiger partial charge in [-0.05, 0) is 48.6 Å². The van der Waals surface area contributed by atoms with Gasteiger partial charge in [0, 0.05) is 31.6 Å². The molecule has 140 valence electrons. The van der Waals surface area contributed by atoms with Crippen molar-refractivity contribution >= 4 is 23.6 Å². The van der Waals surface area contributed by atoms with Crippen molar-refractivity contribution in [2.24, 2.45) is 4.99 Å². The highest BCUT2D eigenvalue weighted by Gasteiger charge is 2.06. The fourth-order valence-electron chi connectivity index (χ4n) is 2.07. The van der Waals surface area contributed by atoms with Crippen molar-refractivity contribution in [1.29, 1.82) is 0 Å². The number of aliphatic imine (C=N–C) groups is 1. The van der Waals surface area contributed by atoms with Gasteiger partial charge in [0.2, 0.25) is 0 Å². The summed E-state index contributed by atoms with van der Waals surface area (Å²) < 4.78 is 17.9. The molecule has 0 spiro atoms. The number of hydrogen-bond acceptors (Lipinski definition) is 4. The van der Waals surface area contributed by atoms with Crippen LogP contribution in [-0.2, 0) is 0 Å². The Bertz CT molecular complexity index is 690. The molecule has 26 heavy (non-hydrogen) atoms. The summed E-state index contributed by atoms with van der Waals surface area (Å²) in [6.45, 7) is 1.78. The lowest BCUT2D eigenvalue weighted by Crippen LogP contribution is -2.41. The molecule has 0 aliphatic carbocycles. The number of rotatable bonds is 9. The van der Waals surface area contributed by atoms with Crippen LogP contribution in [0, 0.1) is 5.82 Å². The van der Waals surface area contributed by atoms with Crippen LogP contribution in [0.25, 0.3) is 0 Å². The molecule has 1 aromatic carbocycles. The van der Waals surface area contributed by atoms with Crippen LogP contribution in [0.4, 0.5) is 4.39 Å². The second-order valence-electron chi connectivity index (χ2n) is 5.31. The van der Waals surface area contributed by atoms with E-state index in [4.69, 9.17) is 4.42 Å². The summed E-state index contributed by atoms with van der Waals surface area (Å²) >= 11 is 1.69. The monoisotopic (exact) mass is 378 g/mol. The summed E-state index contributed by atoms with van der Waals surface area (Å²) in [6.07, 6.45) is 2.41. The average molecular weight is 378 g/mol. The van der Waals surface area contributed by atoms with Crippen LogP contribution in [0.15, 0.2) is 57.0 Å². The molecule has 0 saturated heterocycles. The second-order valence-corrected chi connectivity index (χ2v) is 6.48. The summed E-state index contributed by atoms with van der Waals surface area (Å²) in [5.74, 6) is 1.45. The number of furan rings is 1. The first-order chi connectivity index (χ1) is 12.7. The van der Waals surface area contributed by atoms with Gasteiger partial charge in [0.1, 0.15) is 5.82 Å². The van der Waals surface area contributed by atoms with Gasteiger partial charge in [-0.3, -0.25) is 9.79 Å². The van der Waals surface area contributed by atoms with Gasteiger partial charge in [-0.2, -0.15) is 0 Å². The third kappa shape index (κ3) is 7.18. The lowest BCUT2D eigenvalue weighted by molar-refractivity contribution is 0.0926. The summed E-state index contributed by atoms with van der Waals surface area (Å²) in [4.78, 5) is 16.9. The van der Waals surface area contributed by atoms with Crippen molar-refractivity contribution in [2.75, 3.05) is 32.4 Å². The van der Waals surface area contributed by atoms with E-state index in [1.807, 2.05) is 0 Å². The SMILES string of the molecule is CN=C(NCCCSc1ccc(F)cc1)NCCNC(=O)c1ccco1. The molecule has 2 rings (SSSR count). The zero-order valence-corrected chi connectivity index (χ0v) is 15.4. The van der Waals surface area contributed by atoms with E-state index in [9.17, 15) is 9.18 Å². The van der Waals surface area contributed by atoms with E-state index in [2.05, 4.69) is 20.9 Å². The van der Waals surface area contributed by atoms with Crippen LogP contribution < -0.4 is 16.0 Å². The van der Waals surface area contributed by atoms with Crippen molar-refractivity contribution in [3.05, 3.63) is 54.2 Å². The number of thioether (sulfide) groups is 1. The van der Waals surface area contributed by atoms with Crippen molar-refractivity contribution in [3.63, 3.8) is 0 Å². The molecule has 1 aromatic heterocycles.